The fourth-order valence-electron chi connectivity index (χ4n) is 3.13. The highest BCUT2D eigenvalue weighted by Crippen LogP contribution is 2.33. The zero-order chi connectivity index (χ0) is 25.3. The lowest BCUT2D eigenvalue weighted by Crippen LogP contribution is -2.60. The number of hydrogen-bond acceptors (Lipinski definition) is 8. The number of amides is 2. The van der Waals surface area contributed by atoms with Gasteiger partial charge in [0.1, 0.15) is 28.6 Å². The molecule has 1 rings (SSSR count). The highest BCUT2D eigenvalue weighted by Gasteiger charge is 2.37. The highest BCUT2D eigenvalue weighted by atomic mass is 35.5. The summed E-state index contributed by atoms with van der Waals surface area (Å²) in [6.07, 6.45) is 1.68. The Bertz CT molecular complexity index is 821. The molecule has 1 aromatic rings. The summed E-state index contributed by atoms with van der Waals surface area (Å²) < 4.78 is 0. The monoisotopic (exact) mass is 488 g/mol. The maximum atomic E-state index is 12.8. The van der Waals surface area contributed by atoms with Crippen molar-refractivity contribution in [1.29, 1.82) is 0 Å². The molecule has 3 unspecified atom stereocenters. The Hall–Kier alpha value is -2.60. The summed E-state index contributed by atoms with van der Waals surface area (Å²) in [4.78, 5) is 36.9. The lowest BCUT2D eigenvalue weighted by molar-refractivity contribution is -0.144. The van der Waals surface area contributed by atoms with Crippen molar-refractivity contribution in [3.63, 3.8) is 0 Å². The van der Waals surface area contributed by atoms with Gasteiger partial charge in [-0.15, -0.1) is 0 Å². The molecule has 0 fully saturated rings. The predicted octanol–water partition coefficient (Wildman–Crippen LogP) is -0.0348. The first-order valence-corrected chi connectivity index (χ1v) is 10.8. The van der Waals surface area contributed by atoms with Gasteiger partial charge in [-0.25, -0.2) is 4.79 Å². The van der Waals surface area contributed by atoms with E-state index in [9.17, 15) is 34.8 Å². The van der Waals surface area contributed by atoms with Gasteiger partial charge in [0.05, 0.1) is 5.60 Å². The second-order valence-electron chi connectivity index (χ2n) is 8.45. The van der Waals surface area contributed by atoms with Gasteiger partial charge in [-0.2, -0.15) is 0 Å². The number of phenolic OH excluding ortho intramolecular Hbond substituents is 2. The number of nitrogens with two attached hydrogens (primary N) is 2. The van der Waals surface area contributed by atoms with Gasteiger partial charge in [0, 0.05) is 18.9 Å². The number of hydrogen-bond donors (Lipinski definition) is 8. The van der Waals surface area contributed by atoms with Crippen molar-refractivity contribution in [1.82, 2.24) is 10.6 Å². The van der Waals surface area contributed by atoms with Crippen LogP contribution in [0.5, 0.6) is 11.5 Å². The number of unbranched alkanes of at least 4 members (excludes halogenated alkanes) is 1. The number of carboxylic acids is 1. The minimum absolute atomic E-state index is 0.0872. The minimum atomic E-state index is -1.72. The Morgan fingerprint density at radius 3 is 2.18 bits per heavy atom. The van der Waals surface area contributed by atoms with Gasteiger partial charge in [0.25, 0.3) is 0 Å². The molecule has 11 nitrogen and oxygen atoms in total. The summed E-state index contributed by atoms with van der Waals surface area (Å²) in [6.45, 7) is 3.10. The molecule has 3 atom stereocenters. The van der Waals surface area contributed by atoms with E-state index in [0.717, 1.165) is 25.0 Å². The van der Waals surface area contributed by atoms with Gasteiger partial charge in [-0.3, -0.25) is 9.59 Å². The topological polar surface area (TPSA) is 208 Å². The van der Waals surface area contributed by atoms with Gasteiger partial charge >= 0.3 is 5.97 Å². The van der Waals surface area contributed by atoms with Crippen LogP contribution in [0.25, 0.3) is 0 Å². The Morgan fingerprint density at radius 2 is 1.70 bits per heavy atom. The average Bonchev–Trinajstić information content (AvgIpc) is 2.68. The molecule has 0 saturated heterocycles. The quantitative estimate of drug-likeness (QED) is 0.175. The summed E-state index contributed by atoms with van der Waals surface area (Å²) >= 11 is 5.68. The number of carboxylic acid groups (broad SMARTS) is 1. The van der Waals surface area contributed by atoms with Gasteiger partial charge < -0.3 is 42.5 Å². The molecule has 2 amide bonds. The summed E-state index contributed by atoms with van der Waals surface area (Å²) in [6, 6.07) is -1.09. The molecule has 0 aromatic heterocycles. The van der Waals surface area contributed by atoms with E-state index in [0.29, 0.717) is 13.0 Å². The predicted molar refractivity (Wildman–Crippen MR) is 122 cm³/mol. The molecule has 0 aliphatic heterocycles. The zero-order valence-corrected chi connectivity index (χ0v) is 19.4. The Balaban J connectivity index is 2.90. The SMILES string of the molecule is CC(C)(O)C(NC(=O)CC(N)CCCCN)C(=O)NC(Cc1cc(O)c(Cl)c(O)c1)C(=O)O. The summed E-state index contributed by atoms with van der Waals surface area (Å²) in [5.74, 6) is -3.81. The molecule has 10 N–H and O–H groups in total. The van der Waals surface area contributed by atoms with Crippen LogP contribution in [0.3, 0.4) is 0 Å². The van der Waals surface area contributed by atoms with E-state index in [1.165, 1.54) is 13.8 Å². The van der Waals surface area contributed by atoms with Crippen molar-refractivity contribution in [3.05, 3.63) is 22.7 Å². The molecule has 186 valence electrons. The first-order chi connectivity index (χ1) is 15.3. The molecule has 0 aliphatic carbocycles. The van der Waals surface area contributed by atoms with E-state index in [4.69, 9.17) is 23.1 Å². The Labute approximate surface area is 197 Å². The molecular weight excluding hydrogens is 456 g/mol. The molecular formula is C21H33ClN4O7. The van der Waals surface area contributed by atoms with Crippen LogP contribution in [0.4, 0.5) is 0 Å². The summed E-state index contributed by atoms with van der Waals surface area (Å²) in [7, 11) is 0. The van der Waals surface area contributed by atoms with Crippen LogP contribution in [-0.2, 0) is 20.8 Å². The molecule has 0 radical (unpaired) electrons. The molecule has 0 spiro atoms. The van der Waals surface area contributed by atoms with Gasteiger partial charge in [-0.05, 0) is 50.9 Å². The standard InChI is InChI=1S/C21H33ClN4O7/c1-21(2,33)18(26-16(29)10-12(24)5-3-4-6-23)19(30)25-13(20(31)32)7-11-8-14(27)17(22)15(28)9-11/h8-9,12-13,18,27-28,33H,3-7,10,23-24H2,1-2H3,(H,25,30)(H,26,29)(H,31,32). The van der Waals surface area contributed by atoms with E-state index in [1.54, 1.807) is 0 Å². The van der Waals surface area contributed by atoms with Crippen LogP contribution in [-0.4, -0.2) is 68.5 Å². The number of carbonyl (C=O) groups is 3. The third-order valence-electron chi connectivity index (χ3n) is 4.90. The van der Waals surface area contributed by atoms with E-state index >= 15 is 0 Å². The molecule has 0 heterocycles. The largest absolute Gasteiger partial charge is 0.506 e. The number of nitrogens with one attached hydrogen (secondary N) is 2. The van der Waals surface area contributed by atoms with Crippen molar-refractivity contribution in [2.45, 2.75) is 69.7 Å². The van der Waals surface area contributed by atoms with Crippen molar-refractivity contribution < 1.29 is 34.8 Å². The molecule has 0 bridgehead atoms. The van der Waals surface area contributed by atoms with Crippen molar-refractivity contribution in [2.24, 2.45) is 11.5 Å². The number of carbonyl (C=O) groups excluding carboxylic acids is 2. The van der Waals surface area contributed by atoms with Crippen molar-refractivity contribution in [3.8, 4) is 11.5 Å². The van der Waals surface area contributed by atoms with Crippen LogP contribution in [0, 0.1) is 0 Å². The lowest BCUT2D eigenvalue weighted by Gasteiger charge is -2.30. The first-order valence-electron chi connectivity index (χ1n) is 10.5. The van der Waals surface area contributed by atoms with E-state index in [-0.39, 0.29) is 23.4 Å². The van der Waals surface area contributed by atoms with E-state index < -0.39 is 53.0 Å². The second kappa shape index (κ2) is 12.6. The number of aromatic hydroxyl groups is 2. The van der Waals surface area contributed by atoms with Crippen LogP contribution >= 0.6 is 11.6 Å². The van der Waals surface area contributed by atoms with Crippen LogP contribution in [0.15, 0.2) is 12.1 Å². The number of benzene rings is 1. The van der Waals surface area contributed by atoms with Crippen LogP contribution < -0.4 is 22.1 Å². The normalized spacial score (nSPS) is 14.2. The fourth-order valence-corrected chi connectivity index (χ4v) is 3.24. The number of phenols is 2. The maximum Gasteiger partial charge on any atom is 0.326 e. The fraction of sp³-hybridized carbons (Fsp3) is 0.571. The number of rotatable bonds is 13. The third kappa shape index (κ3) is 9.42. The molecule has 12 heteroatoms. The molecule has 0 saturated carbocycles. The Kier molecular flexibility index (Phi) is 10.8. The van der Waals surface area contributed by atoms with Gasteiger partial charge in [0.2, 0.25) is 11.8 Å². The smallest absolute Gasteiger partial charge is 0.326 e. The van der Waals surface area contributed by atoms with Crippen LogP contribution in [0.2, 0.25) is 5.02 Å². The minimum Gasteiger partial charge on any atom is -0.506 e. The van der Waals surface area contributed by atoms with Gasteiger partial charge in [-0.1, -0.05) is 18.0 Å². The number of halogens is 1. The lowest BCUT2D eigenvalue weighted by atomic mass is 9.96. The van der Waals surface area contributed by atoms with Crippen LogP contribution in [0.1, 0.15) is 45.1 Å². The third-order valence-corrected chi connectivity index (χ3v) is 5.29. The highest BCUT2D eigenvalue weighted by molar-refractivity contribution is 6.33. The maximum absolute atomic E-state index is 12.8. The van der Waals surface area contributed by atoms with E-state index in [2.05, 4.69) is 10.6 Å². The van der Waals surface area contributed by atoms with Crippen molar-refractivity contribution in [2.75, 3.05) is 6.54 Å². The van der Waals surface area contributed by atoms with Crippen molar-refractivity contribution >= 4 is 29.4 Å². The number of aliphatic hydroxyl groups is 1. The Morgan fingerprint density at radius 1 is 1.12 bits per heavy atom. The number of aliphatic carboxylic acids is 1. The molecule has 33 heavy (non-hydrogen) atoms. The molecule has 0 aliphatic rings. The average molecular weight is 489 g/mol. The molecule has 1 aromatic carbocycles. The van der Waals surface area contributed by atoms with Gasteiger partial charge in [0.15, 0.2) is 0 Å². The first kappa shape index (κ1) is 28.4. The second-order valence-corrected chi connectivity index (χ2v) is 8.83. The zero-order valence-electron chi connectivity index (χ0n) is 18.7. The summed E-state index contributed by atoms with van der Waals surface area (Å²) in [5, 5.41) is 43.8. The van der Waals surface area contributed by atoms with E-state index in [1.807, 2.05) is 0 Å². The summed E-state index contributed by atoms with van der Waals surface area (Å²) in [5.41, 5.74) is 9.82.